The Bertz CT molecular complexity index is 1190. The van der Waals surface area contributed by atoms with E-state index in [0.29, 0.717) is 17.1 Å². The first-order chi connectivity index (χ1) is 13.1. The van der Waals surface area contributed by atoms with Crippen LogP contribution in [0.1, 0.15) is 23.2 Å². The standard InChI is InChI=1S/C21H18N4O2/c1-25(15-4-5-15)20-19(13-2-6-16-12(10-13)8-9-22-16)23-17-7-3-14(21(26)27)11-18(17)24-20/h2-3,6-11,15,22H,4-5H2,1H3,(H,26,27). The van der Waals surface area contributed by atoms with Gasteiger partial charge in [0.1, 0.15) is 5.69 Å². The molecular formula is C21H18N4O2. The molecule has 2 aromatic heterocycles. The maximum Gasteiger partial charge on any atom is 0.335 e. The molecule has 134 valence electrons. The van der Waals surface area contributed by atoms with Crippen molar-refractivity contribution in [3.05, 3.63) is 54.2 Å². The van der Waals surface area contributed by atoms with Crippen molar-refractivity contribution in [2.24, 2.45) is 0 Å². The van der Waals surface area contributed by atoms with Gasteiger partial charge >= 0.3 is 5.97 Å². The monoisotopic (exact) mass is 358 g/mol. The lowest BCUT2D eigenvalue weighted by molar-refractivity contribution is 0.0697. The van der Waals surface area contributed by atoms with Crippen molar-refractivity contribution >= 4 is 33.7 Å². The lowest BCUT2D eigenvalue weighted by Gasteiger charge is -2.21. The number of benzene rings is 2. The molecule has 0 saturated heterocycles. The summed E-state index contributed by atoms with van der Waals surface area (Å²) in [6.45, 7) is 0. The second-order valence-corrected chi connectivity index (χ2v) is 7.03. The first-order valence-corrected chi connectivity index (χ1v) is 8.95. The predicted octanol–water partition coefficient (Wildman–Crippen LogP) is 4.07. The summed E-state index contributed by atoms with van der Waals surface area (Å²) in [4.78, 5) is 26.4. The lowest BCUT2D eigenvalue weighted by Crippen LogP contribution is -2.22. The van der Waals surface area contributed by atoms with Gasteiger partial charge in [0.15, 0.2) is 5.82 Å². The maximum absolute atomic E-state index is 11.3. The smallest absolute Gasteiger partial charge is 0.335 e. The highest BCUT2D eigenvalue weighted by atomic mass is 16.4. The number of aromatic nitrogens is 3. The number of hydrogen-bond acceptors (Lipinski definition) is 4. The number of aromatic amines is 1. The third kappa shape index (κ3) is 2.70. The van der Waals surface area contributed by atoms with Gasteiger partial charge in [-0.1, -0.05) is 6.07 Å². The number of carboxylic acids is 1. The molecule has 2 heterocycles. The minimum Gasteiger partial charge on any atom is -0.478 e. The number of fused-ring (bicyclic) bond motifs is 2. The molecule has 0 aliphatic heterocycles. The first-order valence-electron chi connectivity index (χ1n) is 8.95. The van der Waals surface area contributed by atoms with Crippen LogP contribution in [0, 0.1) is 0 Å². The molecule has 1 aliphatic carbocycles. The highest BCUT2D eigenvalue weighted by molar-refractivity contribution is 5.94. The van der Waals surface area contributed by atoms with Crippen molar-refractivity contribution in [3.63, 3.8) is 0 Å². The van der Waals surface area contributed by atoms with Crippen LogP contribution in [0.2, 0.25) is 0 Å². The fourth-order valence-electron chi connectivity index (χ4n) is 3.45. The third-order valence-electron chi connectivity index (χ3n) is 5.15. The second-order valence-electron chi connectivity index (χ2n) is 7.03. The molecule has 0 spiro atoms. The van der Waals surface area contributed by atoms with Crippen molar-refractivity contribution in [2.45, 2.75) is 18.9 Å². The Balaban J connectivity index is 1.74. The predicted molar refractivity (Wildman–Crippen MR) is 105 cm³/mol. The van der Waals surface area contributed by atoms with Gasteiger partial charge in [0.2, 0.25) is 0 Å². The number of anilines is 1. The SMILES string of the molecule is CN(c1nc2cc(C(=O)O)ccc2nc1-c1ccc2[nH]ccc2c1)C1CC1. The minimum atomic E-state index is -0.960. The summed E-state index contributed by atoms with van der Waals surface area (Å²) in [5.74, 6) is -0.166. The topological polar surface area (TPSA) is 82.1 Å². The molecule has 6 heteroatoms. The van der Waals surface area contributed by atoms with Crippen molar-refractivity contribution in [1.29, 1.82) is 0 Å². The Kier molecular flexibility index (Phi) is 3.40. The molecule has 2 N–H and O–H groups in total. The van der Waals surface area contributed by atoms with Crippen LogP contribution in [0.25, 0.3) is 33.2 Å². The first kappa shape index (κ1) is 15.8. The van der Waals surface area contributed by atoms with Crippen LogP contribution in [0.5, 0.6) is 0 Å². The Hall–Kier alpha value is -3.41. The highest BCUT2D eigenvalue weighted by Crippen LogP contribution is 2.36. The Labute approximate surface area is 155 Å². The molecule has 27 heavy (non-hydrogen) atoms. The Morgan fingerprint density at radius 2 is 1.96 bits per heavy atom. The minimum absolute atomic E-state index is 0.221. The number of H-pyrrole nitrogens is 1. The molecule has 1 saturated carbocycles. The molecule has 2 aromatic carbocycles. The van der Waals surface area contributed by atoms with Crippen molar-refractivity contribution in [1.82, 2.24) is 15.0 Å². The molecule has 0 radical (unpaired) electrons. The summed E-state index contributed by atoms with van der Waals surface area (Å²) in [7, 11) is 2.03. The number of rotatable bonds is 4. The second kappa shape index (κ2) is 5.81. The van der Waals surface area contributed by atoms with Crippen molar-refractivity contribution in [3.8, 4) is 11.3 Å². The number of nitrogens with zero attached hydrogens (tertiary/aromatic N) is 3. The molecule has 6 nitrogen and oxygen atoms in total. The Morgan fingerprint density at radius 1 is 1.11 bits per heavy atom. The van der Waals surface area contributed by atoms with Gasteiger partial charge in [-0.3, -0.25) is 0 Å². The van der Waals surface area contributed by atoms with E-state index in [2.05, 4.69) is 16.0 Å². The number of hydrogen-bond donors (Lipinski definition) is 2. The largest absolute Gasteiger partial charge is 0.478 e. The molecule has 4 aromatic rings. The summed E-state index contributed by atoms with van der Waals surface area (Å²) < 4.78 is 0. The van der Waals surface area contributed by atoms with Gasteiger partial charge in [-0.2, -0.15) is 0 Å². The molecule has 0 unspecified atom stereocenters. The zero-order chi connectivity index (χ0) is 18.5. The summed E-state index contributed by atoms with van der Waals surface area (Å²) in [5.41, 5.74) is 4.42. The van der Waals surface area contributed by atoms with Gasteiger partial charge in [-0.25, -0.2) is 14.8 Å². The zero-order valence-electron chi connectivity index (χ0n) is 14.8. The van der Waals surface area contributed by atoms with E-state index in [1.165, 1.54) is 0 Å². The Morgan fingerprint density at radius 3 is 2.74 bits per heavy atom. The number of carboxylic acid groups (broad SMARTS) is 1. The van der Waals surface area contributed by atoms with Gasteiger partial charge in [-0.05, 0) is 49.2 Å². The van der Waals surface area contributed by atoms with Gasteiger partial charge < -0.3 is 15.0 Å². The third-order valence-corrected chi connectivity index (χ3v) is 5.15. The molecule has 0 atom stereocenters. The van der Waals surface area contributed by atoms with Gasteiger partial charge in [0.05, 0.1) is 16.6 Å². The molecule has 5 rings (SSSR count). The number of carbonyl (C=O) groups is 1. The van der Waals surface area contributed by atoms with Crippen molar-refractivity contribution < 1.29 is 9.90 Å². The van der Waals surface area contributed by atoms with Gasteiger partial charge in [0.25, 0.3) is 0 Å². The highest BCUT2D eigenvalue weighted by Gasteiger charge is 2.29. The number of aromatic carboxylic acids is 1. The summed E-state index contributed by atoms with van der Waals surface area (Å²) in [5, 5.41) is 10.4. The van der Waals surface area contributed by atoms with Crippen LogP contribution >= 0.6 is 0 Å². The van der Waals surface area contributed by atoms with E-state index < -0.39 is 5.97 Å². The van der Waals surface area contributed by atoms with E-state index in [0.717, 1.165) is 40.8 Å². The van der Waals surface area contributed by atoms with Crippen LogP contribution in [0.4, 0.5) is 5.82 Å². The average Bonchev–Trinajstić information content (AvgIpc) is 3.43. The summed E-state index contributed by atoms with van der Waals surface area (Å²) in [6.07, 6.45) is 4.20. The quantitative estimate of drug-likeness (QED) is 0.574. The average molecular weight is 358 g/mol. The van der Waals surface area contributed by atoms with E-state index in [-0.39, 0.29) is 5.56 Å². The van der Waals surface area contributed by atoms with E-state index in [9.17, 15) is 9.90 Å². The summed E-state index contributed by atoms with van der Waals surface area (Å²) >= 11 is 0. The summed E-state index contributed by atoms with van der Waals surface area (Å²) in [6, 6.07) is 13.6. The van der Waals surface area contributed by atoms with Crippen LogP contribution in [0.15, 0.2) is 48.7 Å². The number of nitrogens with one attached hydrogen (secondary N) is 1. The molecule has 1 aliphatic rings. The van der Waals surface area contributed by atoms with Gasteiger partial charge in [-0.15, -0.1) is 0 Å². The zero-order valence-corrected chi connectivity index (χ0v) is 14.8. The van der Waals surface area contributed by atoms with Crippen LogP contribution in [-0.4, -0.2) is 39.1 Å². The molecule has 0 bridgehead atoms. The normalized spacial score (nSPS) is 14.0. The fraction of sp³-hybridized carbons (Fsp3) is 0.190. The molecule has 0 amide bonds. The van der Waals surface area contributed by atoms with Crippen molar-refractivity contribution in [2.75, 3.05) is 11.9 Å². The van der Waals surface area contributed by atoms with Crippen LogP contribution < -0.4 is 4.90 Å². The fourth-order valence-corrected chi connectivity index (χ4v) is 3.45. The molecular weight excluding hydrogens is 340 g/mol. The van der Waals surface area contributed by atoms with Gasteiger partial charge in [0, 0.05) is 35.8 Å². The maximum atomic E-state index is 11.3. The van der Waals surface area contributed by atoms with Crippen LogP contribution in [0.3, 0.4) is 0 Å². The molecule has 1 fully saturated rings. The van der Waals surface area contributed by atoms with E-state index >= 15 is 0 Å². The van der Waals surface area contributed by atoms with Crippen LogP contribution in [-0.2, 0) is 0 Å². The van der Waals surface area contributed by atoms with E-state index in [4.69, 9.17) is 9.97 Å². The van der Waals surface area contributed by atoms with E-state index in [1.807, 2.05) is 31.4 Å². The lowest BCUT2D eigenvalue weighted by atomic mass is 10.1. The van der Waals surface area contributed by atoms with E-state index in [1.54, 1.807) is 18.2 Å².